The third kappa shape index (κ3) is 2.95. The standard InChI is InChI=1S/C17H20N4O/c22-17-6-5-16(15-3-4-15)19-21(17)12-14-10-20(11-14)9-13-2-1-7-18-8-13/h1-2,5-8,14-15H,3-4,9-12H2. The monoisotopic (exact) mass is 296 g/mol. The number of likely N-dealkylation sites (tertiary alicyclic amines) is 1. The van der Waals surface area contributed by atoms with Gasteiger partial charge in [-0.2, -0.15) is 5.10 Å². The lowest BCUT2D eigenvalue weighted by Crippen LogP contribution is -2.48. The molecule has 114 valence electrons. The van der Waals surface area contributed by atoms with Gasteiger partial charge in [-0.05, 0) is 30.5 Å². The molecule has 2 aromatic heterocycles. The Bertz CT molecular complexity index is 702. The summed E-state index contributed by atoms with van der Waals surface area (Å²) in [7, 11) is 0. The van der Waals surface area contributed by atoms with E-state index in [1.807, 2.05) is 18.3 Å². The van der Waals surface area contributed by atoms with E-state index in [2.05, 4.69) is 21.0 Å². The number of nitrogens with zero attached hydrogens (tertiary/aromatic N) is 4. The van der Waals surface area contributed by atoms with Crippen LogP contribution in [0.4, 0.5) is 0 Å². The summed E-state index contributed by atoms with van der Waals surface area (Å²) < 4.78 is 1.67. The molecular formula is C17H20N4O. The molecule has 1 saturated carbocycles. The van der Waals surface area contributed by atoms with Gasteiger partial charge >= 0.3 is 0 Å². The van der Waals surface area contributed by atoms with Crippen LogP contribution in [-0.4, -0.2) is 32.8 Å². The van der Waals surface area contributed by atoms with Gasteiger partial charge in [-0.25, -0.2) is 4.68 Å². The van der Waals surface area contributed by atoms with E-state index in [1.54, 1.807) is 16.9 Å². The highest BCUT2D eigenvalue weighted by molar-refractivity contribution is 5.13. The van der Waals surface area contributed by atoms with E-state index >= 15 is 0 Å². The molecule has 2 fully saturated rings. The maximum atomic E-state index is 11.9. The summed E-state index contributed by atoms with van der Waals surface area (Å²) in [5.41, 5.74) is 2.35. The first-order chi connectivity index (χ1) is 10.8. The van der Waals surface area contributed by atoms with Crippen LogP contribution < -0.4 is 5.56 Å². The molecule has 3 heterocycles. The molecule has 1 saturated heterocycles. The van der Waals surface area contributed by atoms with Crippen molar-refractivity contribution in [3.8, 4) is 0 Å². The van der Waals surface area contributed by atoms with Crippen LogP contribution in [0.3, 0.4) is 0 Å². The molecule has 5 nitrogen and oxygen atoms in total. The van der Waals surface area contributed by atoms with Gasteiger partial charge in [0.2, 0.25) is 0 Å². The van der Waals surface area contributed by atoms with Crippen LogP contribution in [0.25, 0.3) is 0 Å². The minimum atomic E-state index is 0.0232. The molecule has 0 bridgehead atoms. The van der Waals surface area contributed by atoms with Crippen molar-refractivity contribution in [3.05, 3.63) is 58.3 Å². The Labute approximate surface area is 129 Å². The van der Waals surface area contributed by atoms with Crippen molar-refractivity contribution < 1.29 is 0 Å². The summed E-state index contributed by atoms with van der Waals surface area (Å²) >= 11 is 0. The number of aromatic nitrogens is 3. The van der Waals surface area contributed by atoms with Gasteiger partial charge < -0.3 is 0 Å². The quantitative estimate of drug-likeness (QED) is 0.842. The summed E-state index contributed by atoms with van der Waals surface area (Å²) in [5, 5.41) is 4.54. The predicted molar refractivity (Wildman–Crippen MR) is 83.5 cm³/mol. The Balaban J connectivity index is 1.34. The first-order valence-electron chi connectivity index (χ1n) is 7.97. The van der Waals surface area contributed by atoms with E-state index in [0.717, 1.165) is 31.9 Å². The second-order valence-corrected chi connectivity index (χ2v) is 6.47. The fourth-order valence-electron chi connectivity index (χ4n) is 3.11. The van der Waals surface area contributed by atoms with E-state index in [0.29, 0.717) is 11.8 Å². The summed E-state index contributed by atoms with van der Waals surface area (Å²) in [4.78, 5) is 18.5. The molecule has 2 aliphatic rings. The maximum Gasteiger partial charge on any atom is 0.266 e. The second-order valence-electron chi connectivity index (χ2n) is 6.47. The summed E-state index contributed by atoms with van der Waals surface area (Å²) in [6, 6.07) is 7.64. The lowest BCUT2D eigenvalue weighted by molar-refractivity contribution is 0.0764. The third-order valence-corrected chi connectivity index (χ3v) is 4.48. The highest BCUT2D eigenvalue weighted by Gasteiger charge is 2.29. The van der Waals surface area contributed by atoms with E-state index in [-0.39, 0.29) is 5.56 Å². The topological polar surface area (TPSA) is 51.0 Å². The lowest BCUT2D eigenvalue weighted by Gasteiger charge is -2.39. The number of rotatable bonds is 5. The fourth-order valence-corrected chi connectivity index (χ4v) is 3.11. The van der Waals surface area contributed by atoms with Crippen LogP contribution in [-0.2, 0) is 13.1 Å². The average molecular weight is 296 g/mol. The molecule has 1 aliphatic carbocycles. The van der Waals surface area contributed by atoms with Crippen LogP contribution in [0.5, 0.6) is 0 Å². The molecule has 22 heavy (non-hydrogen) atoms. The largest absolute Gasteiger partial charge is 0.298 e. The summed E-state index contributed by atoms with van der Waals surface area (Å²) in [5.74, 6) is 1.12. The van der Waals surface area contributed by atoms with Gasteiger partial charge in [0.25, 0.3) is 5.56 Å². The Hall–Kier alpha value is -2.01. The minimum absolute atomic E-state index is 0.0232. The van der Waals surface area contributed by atoms with Crippen molar-refractivity contribution in [3.63, 3.8) is 0 Å². The van der Waals surface area contributed by atoms with E-state index in [1.165, 1.54) is 18.4 Å². The minimum Gasteiger partial charge on any atom is -0.298 e. The van der Waals surface area contributed by atoms with Crippen molar-refractivity contribution >= 4 is 0 Å². The van der Waals surface area contributed by atoms with E-state index < -0.39 is 0 Å². The van der Waals surface area contributed by atoms with Gasteiger partial charge in [0, 0.05) is 49.9 Å². The third-order valence-electron chi connectivity index (χ3n) is 4.48. The Morgan fingerprint density at radius 2 is 2.05 bits per heavy atom. The van der Waals surface area contributed by atoms with Gasteiger partial charge in [0.05, 0.1) is 12.2 Å². The molecule has 0 aromatic carbocycles. The lowest BCUT2D eigenvalue weighted by atomic mass is 9.99. The smallest absolute Gasteiger partial charge is 0.266 e. The van der Waals surface area contributed by atoms with Crippen LogP contribution in [0, 0.1) is 5.92 Å². The molecule has 4 rings (SSSR count). The number of pyridine rings is 1. The molecule has 0 N–H and O–H groups in total. The second kappa shape index (κ2) is 5.65. The van der Waals surface area contributed by atoms with E-state index in [9.17, 15) is 4.79 Å². The summed E-state index contributed by atoms with van der Waals surface area (Å²) in [6.07, 6.45) is 6.15. The van der Waals surface area contributed by atoms with Crippen molar-refractivity contribution in [1.29, 1.82) is 0 Å². The van der Waals surface area contributed by atoms with Gasteiger partial charge in [0.1, 0.15) is 0 Å². The van der Waals surface area contributed by atoms with E-state index in [4.69, 9.17) is 0 Å². The molecular weight excluding hydrogens is 276 g/mol. The zero-order valence-electron chi connectivity index (χ0n) is 12.6. The number of hydrogen-bond donors (Lipinski definition) is 0. The van der Waals surface area contributed by atoms with Crippen molar-refractivity contribution in [1.82, 2.24) is 19.7 Å². The van der Waals surface area contributed by atoms with Gasteiger partial charge in [0.15, 0.2) is 0 Å². The van der Waals surface area contributed by atoms with Crippen molar-refractivity contribution in [2.24, 2.45) is 5.92 Å². The normalized spacial score (nSPS) is 19.1. The first kappa shape index (κ1) is 13.6. The van der Waals surface area contributed by atoms with Crippen LogP contribution >= 0.6 is 0 Å². The zero-order valence-corrected chi connectivity index (χ0v) is 12.6. The van der Waals surface area contributed by atoms with Gasteiger partial charge in [-0.15, -0.1) is 0 Å². The SMILES string of the molecule is O=c1ccc(C2CC2)nn1CC1CN(Cc2cccnc2)C1. The molecule has 0 amide bonds. The maximum absolute atomic E-state index is 11.9. The Morgan fingerprint density at radius 3 is 2.77 bits per heavy atom. The molecule has 0 spiro atoms. The predicted octanol–water partition coefficient (Wildman–Crippen LogP) is 1.65. The number of hydrogen-bond acceptors (Lipinski definition) is 4. The van der Waals surface area contributed by atoms with Crippen LogP contribution in [0.2, 0.25) is 0 Å². The molecule has 1 aliphatic heterocycles. The zero-order chi connectivity index (χ0) is 14.9. The fraction of sp³-hybridized carbons (Fsp3) is 0.471. The highest BCUT2D eigenvalue weighted by atomic mass is 16.1. The molecule has 0 radical (unpaired) electrons. The molecule has 0 atom stereocenters. The highest BCUT2D eigenvalue weighted by Crippen LogP contribution is 2.38. The average Bonchev–Trinajstić information content (AvgIpc) is 3.33. The molecule has 5 heteroatoms. The van der Waals surface area contributed by atoms with Crippen molar-refractivity contribution in [2.75, 3.05) is 13.1 Å². The summed E-state index contributed by atoms with van der Waals surface area (Å²) in [6.45, 7) is 3.73. The Kier molecular flexibility index (Phi) is 3.50. The first-order valence-corrected chi connectivity index (χ1v) is 7.97. The van der Waals surface area contributed by atoms with Gasteiger partial charge in [-0.3, -0.25) is 14.7 Å². The molecule has 2 aromatic rings. The van der Waals surface area contributed by atoms with Crippen LogP contribution in [0.15, 0.2) is 41.5 Å². The Morgan fingerprint density at radius 1 is 1.18 bits per heavy atom. The van der Waals surface area contributed by atoms with Crippen molar-refractivity contribution in [2.45, 2.75) is 31.8 Å². The van der Waals surface area contributed by atoms with Gasteiger partial charge in [-0.1, -0.05) is 6.07 Å². The van der Waals surface area contributed by atoms with Crippen LogP contribution in [0.1, 0.15) is 30.0 Å². The molecule has 0 unspecified atom stereocenters.